The summed E-state index contributed by atoms with van der Waals surface area (Å²) in [6, 6.07) is 27.7. The Bertz CT molecular complexity index is 1260. The zero-order chi connectivity index (χ0) is 20.3. The molecule has 0 aliphatic carbocycles. The first-order chi connectivity index (χ1) is 14.8. The van der Waals surface area contributed by atoms with Gasteiger partial charge < -0.3 is 5.32 Å². The van der Waals surface area contributed by atoms with Crippen molar-refractivity contribution < 1.29 is 4.79 Å². The van der Waals surface area contributed by atoms with Crippen molar-refractivity contribution in [3.8, 4) is 0 Å². The number of nitrogens with one attached hydrogen (secondary N) is 2. The van der Waals surface area contributed by atoms with E-state index in [1.165, 1.54) is 11.8 Å². The minimum atomic E-state index is -0.200. The molecule has 0 saturated heterocycles. The predicted octanol–water partition coefficient (Wildman–Crippen LogP) is 4.21. The Balaban J connectivity index is 1.35. The fourth-order valence-electron chi connectivity index (χ4n) is 3.52. The molecule has 30 heavy (non-hydrogen) atoms. The van der Waals surface area contributed by atoms with Crippen molar-refractivity contribution in [2.75, 3.05) is 5.75 Å². The molecule has 6 nitrogen and oxygen atoms in total. The number of thioether (sulfide) groups is 1. The molecule has 7 heteroatoms. The van der Waals surface area contributed by atoms with Crippen molar-refractivity contribution in [3.05, 3.63) is 96.1 Å². The summed E-state index contributed by atoms with van der Waals surface area (Å²) in [6.07, 6.45) is 0. The number of amides is 1. The van der Waals surface area contributed by atoms with Crippen LogP contribution in [0.4, 0.5) is 0 Å². The van der Waals surface area contributed by atoms with E-state index in [1.54, 1.807) is 0 Å². The van der Waals surface area contributed by atoms with E-state index in [1.807, 2.05) is 89.3 Å². The summed E-state index contributed by atoms with van der Waals surface area (Å²) in [5.74, 6) is 0.867. The molecule has 0 bridgehead atoms. The Hall–Kier alpha value is -3.58. The summed E-state index contributed by atoms with van der Waals surface area (Å²) in [4.78, 5) is 17.4. The maximum Gasteiger partial charge on any atom is 0.231 e. The van der Waals surface area contributed by atoms with Gasteiger partial charge in [-0.05, 0) is 23.3 Å². The summed E-state index contributed by atoms with van der Waals surface area (Å²) < 4.78 is 1.94. The van der Waals surface area contributed by atoms with Gasteiger partial charge in [0.15, 0.2) is 5.16 Å². The first-order valence-electron chi connectivity index (χ1n) is 9.63. The van der Waals surface area contributed by atoms with E-state index in [-0.39, 0.29) is 17.7 Å². The molecule has 0 fully saturated rings. The SMILES string of the molecule is O=C(CSc1n[nH]c2nc3ccccc3n12)NC(c1ccccc1)c1ccccc1. The third-order valence-electron chi connectivity index (χ3n) is 4.91. The average molecular weight is 414 g/mol. The lowest BCUT2D eigenvalue weighted by Gasteiger charge is -2.19. The van der Waals surface area contributed by atoms with E-state index in [0.29, 0.717) is 10.9 Å². The van der Waals surface area contributed by atoms with Crippen molar-refractivity contribution >= 4 is 34.5 Å². The van der Waals surface area contributed by atoms with Gasteiger partial charge in [-0.15, -0.1) is 5.10 Å². The van der Waals surface area contributed by atoms with Crippen LogP contribution >= 0.6 is 11.8 Å². The third kappa shape index (κ3) is 3.55. The zero-order valence-corrected chi connectivity index (χ0v) is 16.8. The van der Waals surface area contributed by atoms with E-state index in [9.17, 15) is 4.79 Å². The number of nitrogens with zero attached hydrogens (tertiary/aromatic N) is 3. The highest BCUT2D eigenvalue weighted by molar-refractivity contribution is 7.99. The Labute approximate surface area is 177 Å². The van der Waals surface area contributed by atoms with Crippen LogP contribution in [0.5, 0.6) is 0 Å². The molecular weight excluding hydrogens is 394 g/mol. The molecule has 2 N–H and O–H groups in total. The minimum absolute atomic E-state index is 0.0572. The lowest BCUT2D eigenvalue weighted by molar-refractivity contribution is -0.119. The number of rotatable bonds is 6. The predicted molar refractivity (Wildman–Crippen MR) is 118 cm³/mol. The Morgan fingerprint density at radius 3 is 2.27 bits per heavy atom. The van der Waals surface area contributed by atoms with Gasteiger partial charge in [0.05, 0.1) is 22.8 Å². The summed E-state index contributed by atoms with van der Waals surface area (Å²) in [5.41, 5.74) is 3.95. The fraction of sp³-hybridized carbons (Fsp3) is 0.0870. The van der Waals surface area contributed by atoms with Gasteiger partial charge >= 0.3 is 0 Å². The molecule has 2 heterocycles. The molecule has 0 spiro atoms. The second kappa shape index (κ2) is 8.04. The normalized spacial score (nSPS) is 11.4. The molecular formula is C23H19N5OS. The van der Waals surface area contributed by atoms with E-state index >= 15 is 0 Å². The molecule has 2 aromatic heterocycles. The van der Waals surface area contributed by atoms with Gasteiger partial charge in [0.2, 0.25) is 11.7 Å². The van der Waals surface area contributed by atoms with Gasteiger partial charge in [-0.25, -0.2) is 10.1 Å². The van der Waals surface area contributed by atoms with Crippen molar-refractivity contribution in [2.24, 2.45) is 0 Å². The Morgan fingerprint density at radius 1 is 0.933 bits per heavy atom. The van der Waals surface area contributed by atoms with Crippen molar-refractivity contribution in [1.82, 2.24) is 24.9 Å². The number of hydrogen-bond acceptors (Lipinski definition) is 4. The molecule has 0 aliphatic rings. The monoisotopic (exact) mass is 413 g/mol. The quantitative estimate of drug-likeness (QED) is 0.409. The van der Waals surface area contributed by atoms with Gasteiger partial charge in [-0.1, -0.05) is 84.6 Å². The van der Waals surface area contributed by atoms with Gasteiger partial charge in [-0.2, -0.15) is 0 Å². The van der Waals surface area contributed by atoms with Crippen molar-refractivity contribution in [1.29, 1.82) is 0 Å². The van der Waals surface area contributed by atoms with E-state index in [4.69, 9.17) is 0 Å². The van der Waals surface area contributed by atoms with Crippen LogP contribution in [0.3, 0.4) is 0 Å². The second-order valence-corrected chi connectivity index (χ2v) is 7.82. The third-order valence-corrected chi connectivity index (χ3v) is 5.85. The van der Waals surface area contributed by atoms with Crippen LogP contribution in [-0.2, 0) is 4.79 Å². The molecule has 148 valence electrons. The summed E-state index contributed by atoms with van der Waals surface area (Å²) in [7, 11) is 0. The average Bonchev–Trinajstić information content (AvgIpc) is 3.36. The lowest BCUT2D eigenvalue weighted by Crippen LogP contribution is -2.30. The molecule has 0 atom stereocenters. The largest absolute Gasteiger partial charge is 0.344 e. The summed E-state index contributed by atoms with van der Waals surface area (Å²) in [5, 5.41) is 11.2. The molecule has 5 aromatic rings. The smallest absolute Gasteiger partial charge is 0.231 e. The van der Waals surface area contributed by atoms with Crippen LogP contribution in [0.25, 0.3) is 16.8 Å². The molecule has 0 radical (unpaired) electrons. The van der Waals surface area contributed by atoms with E-state index in [0.717, 1.165) is 22.2 Å². The number of carbonyl (C=O) groups is 1. The summed E-state index contributed by atoms with van der Waals surface area (Å²) >= 11 is 1.39. The van der Waals surface area contributed by atoms with Crippen LogP contribution in [0.15, 0.2) is 90.1 Å². The minimum Gasteiger partial charge on any atom is -0.344 e. The summed E-state index contributed by atoms with van der Waals surface area (Å²) in [6.45, 7) is 0. The maximum atomic E-state index is 12.8. The first kappa shape index (κ1) is 18.4. The van der Waals surface area contributed by atoms with Gasteiger partial charge in [0.1, 0.15) is 0 Å². The number of carbonyl (C=O) groups excluding carboxylic acids is 1. The first-order valence-corrected chi connectivity index (χ1v) is 10.6. The van der Waals surface area contributed by atoms with Crippen LogP contribution in [0.1, 0.15) is 17.2 Å². The number of imidazole rings is 1. The molecule has 0 unspecified atom stereocenters. The standard InChI is InChI=1S/C23H19N5OS/c29-20(25-21(16-9-3-1-4-10-16)17-11-5-2-6-12-17)15-30-23-27-26-22-24-18-13-7-8-14-19(18)28(22)23/h1-14,21H,15H2,(H,24,26)(H,25,29). The van der Waals surface area contributed by atoms with Gasteiger partial charge in [0.25, 0.3) is 0 Å². The van der Waals surface area contributed by atoms with Crippen LogP contribution in [-0.4, -0.2) is 31.2 Å². The van der Waals surface area contributed by atoms with Gasteiger partial charge in [0, 0.05) is 0 Å². The van der Waals surface area contributed by atoms with E-state index in [2.05, 4.69) is 20.5 Å². The van der Waals surface area contributed by atoms with E-state index < -0.39 is 0 Å². The second-order valence-electron chi connectivity index (χ2n) is 6.88. The number of hydrogen-bond donors (Lipinski definition) is 2. The van der Waals surface area contributed by atoms with Gasteiger partial charge in [-0.3, -0.25) is 9.20 Å². The van der Waals surface area contributed by atoms with Crippen LogP contribution in [0, 0.1) is 0 Å². The number of para-hydroxylation sites is 2. The highest BCUT2D eigenvalue weighted by atomic mass is 32.2. The molecule has 1 amide bonds. The van der Waals surface area contributed by atoms with Crippen LogP contribution < -0.4 is 5.32 Å². The Morgan fingerprint density at radius 2 is 1.57 bits per heavy atom. The molecule has 0 aliphatic heterocycles. The number of aromatic nitrogens is 4. The van der Waals surface area contributed by atoms with Crippen molar-refractivity contribution in [3.63, 3.8) is 0 Å². The highest BCUT2D eigenvalue weighted by Crippen LogP contribution is 2.24. The Kier molecular flexibility index (Phi) is 4.94. The van der Waals surface area contributed by atoms with Crippen LogP contribution in [0.2, 0.25) is 0 Å². The lowest BCUT2D eigenvalue weighted by atomic mass is 9.99. The van der Waals surface area contributed by atoms with Crippen molar-refractivity contribution in [2.45, 2.75) is 11.2 Å². The highest BCUT2D eigenvalue weighted by Gasteiger charge is 2.18. The topological polar surface area (TPSA) is 75.1 Å². The number of fused-ring (bicyclic) bond motifs is 3. The zero-order valence-electron chi connectivity index (χ0n) is 16.0. The maximum absolute atomic E-state index is 12.8. The fourth-order valence-corrected chi connectivity index (χ4v) is 4.29. The number of aromatic amines is 1. The molecule has 5 rings (SSSR count). The molecule has 3 aromatic carbocycles. The number of benzene rings is 3. The molecule has 0 saturated carbocycles. The number of H-pyrrole nitrogens is 1.